The fourth-order valence-electron chi connectivity index (χ4n) is 2.50. The summed E-state index contributed by atoms with van der Waals surface area (Å²) < 4.78 is 26.8. The van der Waals surface area contributed by atoms with Crippen molar-refractivity contribution in [1.82, 2.24) is 0 Å². The molecule has 0 spiro atoms. The molecule has 1 N–H and O–H groups in total. The summed E-state index contributed by atoms with van der Waals surface area (Å²) >= 11 is 5.81. The van der Waals surface area contributed by atoms with Gasteiger partial charge in [0.15, 0.2) is 0 Å². The van der Waals surface area contributed by atoms with Gasteiger partial charge in [-0.15, -0.1) is 0 Å². The summed E-state index contributed by atoms with van der Waals surface area (Å²) in [7, 11) is -4.04. The van der Waals surface area contributed by atoms with Gasteiger partial charge in [-0.25, -0.2) is 8.42 Å². The van der Waals surface area contributed by atoms with Crippen molar-refractivity contribution in [1.29, 1.82) is 0 Å². The topological polar surface area (TPSA) is 74.7 Å². The molecule has 0 saturated heterocycles. The molecule has 0 heterocycles. The molecule has 0 bridgehead atoms. The molecule has 0 aliphatic carbocycles. The zero-order valence-electron chi connectivity index (χ0n) is 13.0. The van der Waals surface area contributed by atoms with Crippen LogP contribution in [0.15, 0.2) is 71.6 Å². The highest BCUT2D eigenvalue weighted by Crippen LogP contribution is 2.27. The summed E-state index contributed by atoms with van der Waals surface area (Å²) in [5.41, 5.74) is 0.288. The van der Waals surface area contributed by atoms with E-state index in [-0.39, 0.29) is 10.6 Å². The number of carboxylic acid groups (broad SMARTS) is 1. The van der Waals surface area contributed by atoms with Crippen LogP contribution in [0.1, 0.15) is 0 Å². The highest BCUT2D eigenvalue weighted by molar-refractivity contribution is 7.92. The van der Waals surface area contributed by atoms with Gasteiger partial charge in [0, 0.05) is 5.02 Å². The Morgan fingerprint density at radius 1 is 0.960 bits per heavy atom. The number of benzene rings is 3. The van der Waals surface area contributed by atoms with Crippen LogP contribution < -0.4 is 4.31 Å². The number of anilines is 1. The molecule has 0 amide bonds. The lowest BCUT2D eigenvalue weighted by Gasteiger charge is -2.23. The van der Waals surface area contributed by atoms with Crippen molar-refractivity contribution in [2.24, 2.45) is 0 Å². The van der Waals surface area contributed by atoms with Gasteiger partial charge >= 0.3 is 5.97 Å². The monoisotopic (exact) mass is 375 g/mol. The number of aliphatic carboxylic acids is 1. The molecular weight excluding hydrogens is 362 g/mol. The molecule has 3 rings (SSSR count). The van der Waals surface area contributed by atoms with E-state index in [9.17, 15) is 18.3 Å². The summed E-state index contributed by atoms with van der Waals surface area (Å²) in [5, 5.41) is 11.3. The quantitative estimate of drug-likeness (QED) is 0.736. The van der Waals surface area contributed by atoms with E-state index in [2.05, 4.69) is 0 Å². The maximum absolute atomic E-state index is 12.9. The third-order valence-corrected chi connectivity index (χ3v) is 5.74. The normalized spacial score (nSPS) is 11.4. The van der Waals surface area contributed by atoms with Gasteiger partial charge in [0.25, 0.3) is 10.0 Å². The largest absolute Gasteiger partial charge is 0.480 e. The van der Waals surface area contributed by atoms with Crippen molar-refractivity contribution >= 4 is 44.1 Å². The minimum Gasteiger partial charge on any atom is -0.480 e. The summed E-state index contributed by atoms with van der Waals surface area (Å²) in [6.07, 6.45) is 0. The summed E-state index contributed by atoms with van der Waals surface area (Å²) in [5.74, 6) is -1.24. The molecule has 3 aromatic rings. The minimum absolute atomic E-state index is 0.0219. The van der Waals surface area contributed by atoms with E-state index in [1.54, 1.807) is 18.2 Å². The first-order chi connectivity index (χ1) is 11.9. The van der Waals surface area contributed by atoms with Gasteiger partial charge in [-0.3, -0.25) is 9.10 Å². The van der Waals surface area contributed by atoms with Crippen LogP contribution in [-0.4, -0.2) is 26.0 Å². The van der Waals surface area contributed by atoms with Crippen molar-refractivity contribution in [3.8, 4) is 0 Å². The van der Waals surface area contributed by atoms with E-state index in [1.807, 2.05) is 24.3 Å². The summed E-state index contributed by atoms with van der Waals surface area (Å²) in [6.45, 7) is -0.677. The van der Waals surface area contributed by atoms with Crippen LogP contribution in [-0.2, 0) is 14.8 Å². The van der Waals surface area contributed by atoms with E-state index in [0.29, 0.717) is 5.02 Å². The standard InChI is InChI=1S/C18H14ClNO4S/c19-15-6-9-17(10-7-15)25(23,24)20(12-18(21)22)16-8-5-13-3-1-2-4-14(13)11-16/h1-11H,12H2,(H,21,22). The predicted octanol–water partition coefficient (Wildman–Crippen LogP) is 3.77. The van der Waals surface area contributed by atoms with Crippen molar-refractivity contribution < 1.29 is 18.3 Å². The van der Waals surface area contributed by atoms with Gasteiger partial charge in [0.05, 0.1) is 10.6 Å². The zero-order chi connectivity index (χ0) is 18.0. The van der Waals surface area contributed by atoms with Gasteiger partial charge in [-0.05, 0) is 47.2 Å². The number of nitrogens with zero attached hydrogens (tertiary/aromatic N) is 1. The van der Waals surface area contributed by atoms with E-state index in [1.165, 1.54) is 24.3 Å². The van der Waals surface area contributed by atoms with Crippen LogP contribution in [0.5, 0.6) is 0 Å². The predicted molar refractivity (Wildman–Crippen MR) is 97.6 cm³/mol. The number of sulfonamides is 1. The lowest BCUT2D eigenvalue weighted by atomic mass is 10.1. The first kappa shape index (κ1) is 17.3. The lowest BCUT2D eigenvalue weighted by Crippen LogP contribution is -2.35. The number of carbonyl (C=O) groups is 1. The van der Waals surface area contributed by atoms with E-state index < -0.39 is 22.5 Å². The third kappa shape index (κ3) is 3.60. The molecule has 0 aliphatic heterocycles. The maximum Gasteiger partial charge on any atom is 0.324 e. The fourth-order valence-corrected chi connectivity index (χ4v) is 4.04. The van der Waals surface area contributed by atoms with Gasteiger partial charge in [-0.1, -0.05) is 41.9 Å². The third-order valence-electron chi connectivity index (χ3n) is 3.70. The van der Waals surface area contributed by atoms with Crippen molar-refractivity contribution in [2.45, 2.75) is 4.90 Å². The molecule has 3 aromatic carbocycles. The van der Waals surface area contributed by atoms with E-state index >= 15 is 0 Å². The Labute approximate surface area is 150 Å². The molecule has 0 fully saturated rings. The smallest absolute Gasteiger partial charge is 0.324 e. The number of hydrogen-bond donors (Lipinski definition) is 1. The Bertz CT molecular complexity index is 1030. The number of halogens is 1. The Kier molecular flexibility index (Phi) is 4.65. The minimum atomic E-state index is -4.04. The average Bonchev–Trinajstić information content (AvgIpc) is 2.59. The van der Waals surface area contributed by atoms with Crippen LogP contribution in [0.25, 0.3) is 10.8 Å². The van der Waals surface area contributed by atoms with Gasteiger partial charge in [-0.2, -0.15) is 0 Å². The highest BCUT2D eigenvalue weighted by atomic mass is 35.5. The van der Waals surface area contributed by atoms with Crippen LogP contribution in [0.4, 0.5) is 5.69 Å². The van der Waals surface area contributed by atoms with Crippen molar-refractivity contribution in [3.05, 3.63) is 71.8 Å². The second kappa shape index (κ2) is 6.74. The summed E-state index contributed by atoms with van der Waals surface area (Å²) in [4.78, 5) is 11.2. The highest BCUT2D eigenvalue weighted by Gasteiger charge is 2.27. The molecule has 0 saturated carbocycles. The van der Waals surface area contributed by atoms with Gasteiger partial charge in [0.2, 0.25) is 0 Å². The number of carboxylic acids is 1. The first-order valence-electron chi connectivity index (χ1n) is 7.37. The molecule has 0 aromatic heterocycles. The molecular formula is C18H14ClNO4S. The molecule has 5 nitrogen and oxygen atoms in total. The van der Waals surface area contributed by atoms with Crippen molar-refractivity contribution in [2.75, 3.05) is 10.8 Å². The zero-order valence-corrected chi connectivity index (χ0v) is 14.5. The Morgan fingerprint density at radius 3 is 2.24 bits per heavy atom. The van der Waals surface area contributed by atoms with E-state index in [4.69, 9.17) is 11.6 Å². The van der Waals surface area contributed by atoms with E-state index in [0.717, 1.165) is 15.1 Å². The molecule has 0 aliphatic rings. The second-order valence-electron chi connectivity index (χ2n) is 5.39. The molecule has 7 heteroatoms. The van der Waals surface area contributed by atoms with Crippen LogP contribution >= 0.6 is 11.6 Å². The molecule has 128 valence electrons. The number of fused-ring (bicyclic) bond motifs is 1. The van der Waals surface area contributed by atoms with Crippen LogP contribution in [0.2, 0.25) is 5.02 Å². The van der Waals surface area contributed by atoms with Crippen LogP contribution in [0.3, 0.4) is 0 Å². The molecule has 0 unspecified atom stereocenters. The Balaban J connectivity index is 2.12. The van der Waals surface area contributed by atoms with Gasteiger partial charge in [0.1, 0.15) is 6.54 Å². The second-order valence-corrected chi connectivity index (χ2v) is 7.69. The fraction of sp³-hybridized carbons (Fsp3) is 0.0556. The van der Waals surface area contributed by atoms with Gasteiger partial charge < -0.3 is 5.11 Å². The molecule has 0 atom stereocenters. The van der Waals surface area contributed by atoms with Crippen LogP contribution in [0, 0.1) is 0 Å². The Morgan fingerprint density at radius 2 is 1.60 bits per heavy atom. The number of hydrogen-bond acceptors (Lipinski definition) is 3. The number of rotatable bonds is 5. The maximum atomic E-state index is 12.9. The SMILES string of the molecule is O=C(O)CN(c1ccc2ccccc2c1)S(=O)(=O)c1ccc(Cl)cc1. The first-order valence-corrected chi connectivity index (χ1v) is 9.18. The average molecular weight is 376 g/mol. The lowest BCUT2D eigenvalue weighted by molar-refractivity contribution is -0.135. The summed E-state index contributed by atoms with van der Waals surface area (Å²) in [6, 6.07) is 18.1. The molecule has 25 heavy (non-hydrogen) atoms. The Hall–Kier alpha value is -2.57. The molecule has 0 radical (unpaired) electrons. The van der Waals surface area contributed by atoms with Crippen molar-refractivity contribution in [3.63, 3.8) is 0 Å².